The third kappa shape index (κ3) is 4.78. The molecule has 3 aromatic rings. The molecular formula is C22H21FN4O3S. The van der Waals surface area contributed by atoms with Crippen LogP contribution >= 0.6 is 0 Å². The zero-order valence-corrected chi connectivity index (χ0v) is 17.4. The van der Waals surface area contributed by atoms with Gasteiger partial charge in [0.2, 0.25) is 15.9 Å². The van der Waals surface area contributed by atoms with Gasteiger partial charge in [0.25, 0.3) is 0 Å². The Kier molecular flexibility index (Phi) is 6.06. The molecule has 31 heavy (non-hydrogen) atoms. The second-order valence-corrected chi connectivity index (χ2v) is 9.22. The summed E-state index contributed by atoms with van der Waals surface area (Å²) >= 11 is 0. The van der Waals surface area contributed by atoms with Crippen molar-refractivity contribution in [2.45, 2.75) is 17.7 Å². The molecular weight excluding hydrogens is 419 g/mol. The minimum Gasteiger partial charge on any atom is -0.323 e. The number of hydrogen-bond acceptors (Lipinski definition) is 5. The summed E-state index contributed by atoms with van der Waals surface area (Å²) in [6.45, 7) is 0.447. The third-order valence-electron chi connectivity index (χ3n) is 5.23. The first kappa shape index (κ1) is 21.1. The molecule has 0 spiro atoms. The van der Waals surface area contributed by atoms with Crippen molar-refractivity contribution in [2.75, 3.05) is 18.4 Å². The SMILES string of the molecule is O=C(Nc1cnc(-c2ccccc2)nc1)C1CCN(S(=O)(=O)c2ccc(F)cc2)CC1. The van der Waals surface area contributed by atoms with Crippen LogP contribution in [0.3, 0.4) is 0 Å². The Morgan fingerprint density at radius 1 is 0.968 bits per heavy atom. The van der Waals surface area contributed by atoms with Crippen molar-refractivity contribution in [3.63, 3.8) is 0 Å². The van der Waals surface area contributed by atoms with Crippen molar-refractivity contribution in [3.8, 4) is 11.4 Å². The van der Waals surface area contributed by atoms with E-state index in [0.717, 1.165) is 17.7 Å². The molecule has 4 rings (SSSR count). The molecule has 160 valence electrons. The summed E-state index contributed by atoms with van der Waals surface area (Å²) in [5, 5.41) is 2.81. The Morgan fingerprint density at radius 3 is 2.19 bits per heavy atom. The fourth-order valence-electron chi connectivity index (χ4n) is 3.49. The predicted octanol–water partition coefficient (Wildman–Crippen LogP) is 3.32. The summed E-state index contributed by atoms with van der Waals surface area (Å²) in [6, 6.07) is 14.3. The van der Waals surface area contributed by atoms with Gasteiger partial charge in [0, 0.05) is 24.6 Å². The molecule has 1 aliphatic heterocycles. The van der Waals surface area contributed by atoms with Gasteiger partial charge in [-0.25, -0.2) is 22.8 Å². The summed E-state index contributed by atoms with van der Waals surface area (Å²) in [7, 11) is -3.70. The maximum Gasteiger partial charge on any atom is 0.243 e. The molecule has 7 nitrogen and oxygen atoms in total. The first-order valence-corrected chi connectivity index (χ1v) is 11.3. The lowest BCUT2D eigenvalue weighted by atomic mass is 9.97. The van der Waals surface area contributed by atoms with Gasteiger partial charge in [-0.2, -0.15) is 4.31 Å². The first-order valence-electron chi connectivity index (χ1n) is 9.87. The maximum atomic E-state index is 13.1. The number of aromatic nitrogens is 2. The molecule has 9 heteroatoms. The quantitative estimate of drug-likeness (QED) is 0.657. The Morgan fingerprint density at radius 2 is 1.58 bits per heavy atom. The molecule has 0 atom stereocenters. The average molecular weight is 441 g/mol. The van der Waals surface area contributed by atoms with Crippen LogP contribution < -0.4 is 5.32 Å². The van der Waals surface area contributed by atoms with E-state index < -0.39 is 15.8 Å². The molecule has 0 unspecified atom stereocenters. The number of rotatable bonds is 5. The number of nitrogens with one attached hydrogen (secondary N) is 1. The zero-order chi connectivity index (χ0) is 21.8. The standard InChI is InChI=1S/C22H21FN4O3S/c23-18-6-8-20(9-7-18)31(29,30)27-12-10-17(11-13-27)22(28)26-19-14-24-21(25-15-19)16-4-2-1-3-5-16/h1-9,14-15,17H,10-13H2,(H,26,28). The molecule has 1 N–H and O–H groups in total. The highest BCUT2D eigenvalue weighted by atomic mass is 32.2. The Balaban J connectivity index is 1.34. The fourth-order valence-corrected chi connectivity index (χ4v) is 4.96. The largest absolute Gasteiger partial charge is 0.323 e. The highest BCUT2D eigenvalue weighted by molar-refractivity contribution is 7.89. The van der Waals surface area contributed by atoms with Gasteiger partial charge in [-0.3, -0.25) is 4.79 Å². The normalized spacial score (nSPS) is 15.5. The minimum atomic E-state index is -3.70. The van der Waals surface area contributed by atoms with Crippen molar-refractivity contribution in [2.24, 2.45) is 5.92 Å². The molecule has 2 heterocycles. The van der Waals surface area contributed by atoms with E-state index in [0.29, 0.717) is 24.4 Å². The van der Waals surface area contributed by atoms with E-state index in [1.54, 1.807) is 12.4 Å². The molecule has 1 fully saturated rings. The van der Waals surface area contributed by atoms with Crippen LogP contribution in [0, 0.1) is 11.7 Å². The summed E-state index contributed by atoms with van der Waals surface area (Å²) in [6.07, 6.45) is 3.91. The van der Waals surface area contributed by atoms with Crippen LogP contribution in [0.15, 0.2) is 71.9 Å². The van der Waals surface area contributed by atoms with Crippen molar-refractivity contribution in [1.29, 1.82) is 0 Å². The van der Waals surface area contributed by atoms with Crippen LogP contribution in [0.4, 0.5) is 10.1 Å². The fraction of sp³-hybridized carbons (Fsp3) is 0.227. The van der Waals surface area contributed by atoms with E-state index in [-0.39, 0.29) is 29.8 Å². The second kappa shape index (κ2) is 8.91. The number of piperidine rings is 1. The number of benzene rings is 2. The van der Waals surface area contributed by atoms with Crippen LogP contribution in [0.5, 0.6) is 0 Å². The van der Waals surface area contributed by atoms with Crippen molar-refractivity contribution in [3.05, 3.63) is 72.8 Å². The Labute approximate surface area is 180 Å². The van der Waals surface area contributed by atoms with Gasteiger partial charge in [0.15, 0.2) is 5.82 Å². The van der Waals surface area contributed by atoms with Gasteiger partial charge >= 0.3 is 0 Å². The highest BCUT2D eigenvalue weighted by Crippen LogP contribution is 2.25. The number of halogens is 1. The summed E-state index contributed by atoms with van der Waals surface area (Å²) in [5.74, 6) is -0.420. The zero-order valence-electron chi connectivity index (χ0n) is 16.6. The number of sulfonamides is 1. The van der Waals surface area contributed by atoms with E-state index in [1.165, 1.54) is 16.4 Å². The molecule has 0 saturated carbocycles. The van der Waals surface area contributed by atoms with Gasteiger partial charge in [0.1, 0.15) is 5.82 Å². The number of anilines is 1. The molecule has 1 saturated heterocycles. The lowest BCUT2D eigenvalue weighted by Crippen LogP contribution is -2.41. The molecule has 1 aromatic heterocycles. The first-order chi connectivity index (χ1) is 14.9. The van der Waals surface area contributed by atoms with Gasteiger partial charge in [0.05, 0.1) is 23.0 Å². The van der Waals surface area contributed by atoms with Crippen molar-refractivity contribution < 1.29 is 17.6 Å². The molecule has 1 amide bonds. The van der Waals surface area contributed by atoms with Crippen molar-refractivity contribution >= 4 is 21.6 Å². The lowest BCUT2D eigenvalue weighted by Gasteiger charge is -2.30. The van der Waals surface area contributed by atoms with Crippen molar-refractivity contribution in [1.82, 2.24) is 14.3 Å². The topological polar surface area (TPSA) is 92.3 Å². The molecule has 0 aliphatic carbocycles. The van der Waals surface area contributed by atoms with Crippen LogP contribution in [-0.2, 0) is 14.8 Å². The molecule has 1 aliphatic rings. The highest BCUT2D eigenvalue weighted by Gasteiger charge is 2.32. The van der Waals surface area contributed by atoms with Gasteiger partial charge in [-0.05, 0) is 37.1 Å². The van der Waals surface area contributed by atoms with Crippen LogP contribution in [0.2, 0.25) is 0 Å². The average Bonchev–Trinajstić information content (AvgIpc) is 2.80. The van der Waals surface area contributed by atoms with E-state index in [9.17, 15) is 17.6 Å². The number of carbonyl (C=O) groups is 1. The Hall–Kier alpha value is -3.17. The van der Waals surface area contributed by atoms with Gasteiger partial charge in [-0.1, -0.05) is 30.3 Å². The summed E-state index contributed by atoms with van der Waals surface area (Å²) in [5.41, 5.74) is 1.38. The minimum absolute atomic E-state index is 0.0486. The molecule has 0 radical (unpaired) electrons. The van der Waals surface area contributed by atoms with E-state index in [1.807, 2.05) is 30.3 Å². The van der Waals surface area contributed by atoms with Crippen LogP contribution in [0.25, 0.3) is 11.4 Å². The summed E-state index contributed by atoms with van der Waals surface area (Å²) in [4.78, 5) is 21.2. The van der Waals surface area contributed by atoms with E-state index in [4.69, 9.17) is 0 Å². The Bertz CT molecular complexity index is 1150. The lowest BCUT2D eigenvalue weighted by molar-refractivity contribution is -0.120. The van der Waals surface area contributed by atoms with E-state index in [2.05, 4.69) is 15.3 Å². The smallest absolute Gasteiger partial charge is 0.243 e. The number of nitrogens with zero attached hydrogens (tertiary/aromatic N) is 3. The predicted molar refractivity (Wildman–Crippen MR) is 114 cm³/mol. The maximum absolute atomic E-state index is 13.1. The monoisotopic (exact) mass is 440 g/mol. The molecule has 0 bridgehead atoms. The number of carbonyl (C=O) groups excluding carboxylic acids is 1. The number of hydrogen-bond donors (Lipinski definition) is 1. The molecule has 2 aromatic carbocycles. The number of amides is 1. The second-order valence-electron chi connectivity index (χ2n) is 7.28. The summed E-state index contributed by atoms with van der Waals surface area (Å²) < 4.78 is 39.8. The third-order valence-corrected chi connectivity index (χ3v) is 7.14. The van der Waals surface area contributed by atoms with Gasteiger partial charge in [-0.15, -0.1) is 0 Å². The van der Waals surface area contributed by atoms with E-state index >= 15 is 0 Å². The van der Waals surface area contributed by atoms with Crippen LogP contribution in [-0.4, -0.2) is 41.7 Å². The van der Waals surface area contributed by atoms with Crippen LogP contribution in [0.1, 0.15) is 12.8 Å². The van der Waals surface area contributed by atoms with Gasteiger partial charge < -0.3 is 5.32 Å².